The van der Waals surface area contributed by atoms with Crippen molar-refractivity contribution in [3.8, 4) is 0 Å². The number of halogens is 3. The van der Waals surface area contributed by atoms with E-state index < -0.39 is 24.0 Å². The zero-order valence-corrected chi connectivity index (χ0v) is 15.7. The van der Waals surface area contributed by atoms with Gasteiger partial charge in [0.2, 0.25) is 6.10 Å². The molecule has 3 amide bonds. The Labute approximate surface area is 164 Å². The van der Waals surface area contributed by atoms with Crippen molar-refractivity contribution in [3.05, 3.63) is 68.7 Å². The first-order chi connectivity index (χ1) is 12.3. The molecule has 2 aromatic carbocycles. The van der Waals surface area contributed by atoms with Crippen LogP contribution in [0.3, 0.4) is 0 Å². The van der Waals surface area contributed by atoms with Crippen molar-refractivity contribution in [1.82, 2.24) is 10.6 Å². The Kier molecular flexibility index (Phi) is 6.85. The van der Waals surface area contributed by atoms with Crippen molar-refractivity contribution in [3.63, 3.8) is 0 Å². The van der Waals surface area contributed by atoms with Crippen LogP contribution in [0, 0.1) is 0 Å². The monoisotopic (exact) mass is 414 g/mol. The fourth-order valence-electron chi connectivity index (χ4n) is 2.02. The molecule has 0 saturated heterocycles. The number of esters is 1. The number of amides is 3. The molecule has 0 spiro atoms. The fourth-order valence-corrected chi connectivity index (χ4v) is 2.70. The van der Waals surface area contributed by atoms with Gasteiger partial charge in [0, 0.05) is 12.6 Å². The number of benzene rings is 2. The second-order valence-electron chi connectivity index (χ2n) is 4.98. The van der Waals surface area contributed by atoms with E-state index in [1.54, 1.807) is 30.3 Å². The molecule has 0 bridgehead atoms. The lowest BCUT2D eigenvalue weighted by atomic mass is 10.1. The molecule has 0 aliphatic heterocycles. The molecule has 1 unspecified atom stereocenters. The Balaban J connectivity index is 2.35. The average Bonchev–Trinajstić information content (AvgIpc) is 2.63. The van der Waals surface area contributed by atoms with Crippen molar-refractivity contribution in [2.45, 2.75) is 6.10 Å². The summed E-state index contributed by atoms with van der Waals surface area (Å²) in [5.41, 5.74) is 0.186. The predicted molar refractivity (Wildman–Crippen MR) is 98.7 cm³/mol. The van der Waals surface area contributed by atoms with Gasteiger partial charge < -0.3 is 10.1 Å². The highest BCUT2D eigenvalue weighted by atomic mass is 35.5. The van der Waals surface area contributed by atoms with Gasteiger partial charge in [0.25, 0.3) is 5.91 Å². The highest BCUT2D eigenvalue weighted by Gasteiger charge is 2.29. The molecule has 9 heteroatoms. The quantitative estimate of drug-likeness (QED) is 0.584. The largest absolute Gasteiger partial charge is 0.444 e. The summed E-state index contributed by atoms with van der Waals surface area (Å²) in [6, 6.07) is 10.2. The van der Waals surface area contributed by atoms with Crippen molar-refractivity contribution in [2.24, 2.45) is 0 Å². The smallest absolute Gasteiger partial charge is 0.342 e. The van der Waals surface area contributed by atoms with E-state index in [-0.39, 0.29) is 20.6 Å². The summed E-state index contributed by atoms with van der Waals surface area (Å²) in [4.78, 5) is 36.4. The third-order valence-electron chi connectivity index (χ3n) is 3.28. The van der Waals surface area contributed by atoms with Crippen molar-refractivity contribution in [2.75, 3.05) is 7.05 Å². The lowest BCUT2D eigenvalue weighted by molar-refractivity contribution is -0.129. The highest BCUT2D eigenvalue weighted by Crippen LogP contribution is 2.33. The molecular weight excluding hydrogens is 403 g/mol. The molecule has 136 valence electrons. The number of imide groups is 1. The van der Waals surface area contributed by atoms with E-state index in [0.29, 0.717) is 5.56 Å². The Morgan fingerprint density at radius 1 is 0.962 bits per heavy atom. The van der Waals surface area contributed by atoms with Crippen molar-refractivity contribution >= 4 is 52.7 Å². The topological polar surface area (TPSA) is 84.5 Å². The number of carbonyl (C=O) groups excluding carboxylic acids is 3. The normalized spacial score (nSPS) is 11.4. The molecule has 0 aliphatic rings. The molecule has 1 atom stereocenters. The van der Waals surface area contributed by atoms with Gasteiger partial charge in [-0.25, -0.2) is 9.59 Å². The summed E-state index contributed by atoms with van der Waals surface area (Å²) in [7, 11) is 1.34. The molecule has 0 radical (unpaired) electrons. The predicted octanol–water partition coefficient (Wildman–Crippen LogP) is 4.00. The van der Waals surface area contributed by atoms with Gasteiger partial charge in [0.1, 0.15) is 0 Å². The minimum absolute atomic E-state index is 0.0166. The van der Waals surface area contributed by atoms with Gasteiger partial charge in [-0.3, -0.25) is 10.1 Å². The van der Waals surface area contributed by atoms with Gasteiger partial charge in [-0.15, -0.1) is 0 Å². The van der Waals surface area contributed by atoms with Gasteiger partial charge in [0.15, 0.2) is 0 Å². The Bertz CT molecular complexity index is 843. The molecule has 0 aromatic heterocycles. The maximum Gasteiger partial charge on any atom is 0.342 e. The molecule has 0 fully saturated rings. The zero-order valence-electron chi connectivity index (χ0n) is 13.4. The van der Waals surface area contributed by atoms with Gasteiger partial charge in [-0.1, -0.05) is 65.1 Å². The van der Waals surface area contributed by atoms with Gasteiger partial charge in [-0.05, 0) is 12.1 Å². The molecule has 2 rings (SSSR count). The van der Waals surface area contributed by atoms with Crippen molar-refractivity contribution in [1.29, 1.82) is 0 Å². The second-order valence-corrected chi connectivity index (χ2v) is 6.17. The minimum Gasteiger partial charge on any atom is -0.444 e. The van der Waals surface area contributed by atoms with Crippen LogP contribution in [0.15, 0.2) is 42.5 Å². The number of hydrogen-bond acceptors (Lipinski definition) is 4. The van der Waals surface area contributed by atoms with E-state index in [0.717, 1.165) is 0 Å². The number of hydrogen-bond donors (Lipinski definition) is 2. The SMILES string of the molecule is CNC(=O)NC(=O)C(OC(=O)c1c(Cl)ccc(Cl)c1Cl)c1ccccc1. The lowest BCUT2D eigenvalue weighted by Gasteiger charge is -2.18. The molecule has 0 heterocycles. The number of carbonyl (C=O) groups is 3. The van der Waals surface area contributed by atoms with Gasteiger partial charge >= 0.3 is 12.0 Å². The maximum atomic E-state index is 12.6. The van der Waals surface area contributed by atoms with E-state index in [1.165, 1.54) is 19.2 Å². The zero-order chi connectivity index (χ0) is 19.3. The Morgan fingerprint density at radius 3 is 2.19 bits per heavy atom. The molecule has 2 N–H and O–H groups in total. The number of urea groups is 1. The van der Waals surface area contributed by atoms with Crippen LogP contribution in [0.25, 0.3) is 0 Å². The summed E-state index contributed by atoms with van der Waals surface area (Å²) < 4.78 is 5.29. The fraction of sp³-hybridized carbons (Fsp3) is 0.118. The van der Waals surface area contributed by atoms with E-state index in [2.05, 4.69) is 10.6 Å². The third-order valence-corrected chi connectivity index (χ3v) is 4.40. The van der Waals surface area contributed by atoms with Gasteiger partial charge in [-0.2, -0.15) is 0 Å². The number of ether oxygens (including phenoxy) is 1. The van der Waals surface area contributed by atoms with Crippen LogP contribution in [-0.2, 0) is 9.53 Å². The summed E-state index contributed by atoms with van der Waals surface area (Å²) in [6.07, 6.45) is -1.40. The van der Waals surface area contributed by atoms with Gasteiger partial charge in [0.05, 0.1) is 20.6 Å². The molecule has 6 nitrogen and oxygen atoms in total. The van der Waals surface area contributed by atoms with Crippen LogP contribution < -0.4 is 10.6 Å². The van der Waals surface area contributed by atoms with Crippen LogP contribution in [0.5, 0.6) is 0 Å². The number of nitrogens with one attached hydrogen (secondary N) is 2. The van der Waals surface area contributed by atoms with Crippen LogP contribution in [-0.4, -0.2) is 25.0 Å². The van der Waals surface area contributed by atoms with E-state index >= 15 is 0 Å². The summed E-state index contributed by atoms with van der Waals surface area (Å²) >= 11 is 17.9. The molecule has 0 saturated carbocycles. The first-order valence-corrected chi connectivity index (χ1v) is 8.40. The van der Waals surface area contributed by atoms with Crippen molar-refractivity contribution < 1.29 is 19.1 Å². The average molecular weight is 416 g/mol. The summed E-state index contributed by atoms with van der Waals surface area (Å²) in [5.74, 6) is -1.79. The highest BCUT2D eigenvalue weighted by molar-refractivity contribution is 6.46. The first-order valence-electron chi connectivity index (χ1n) is 7.27. The van der Waals surface area contributed by atoms with Crippen LogP contribution >= 0.6 is 34.8 Å². The number of rotatable bonds is 4. The second kappa shape index (κ2) is 8.89. The van der Waals surface area contributed by atoms with E-state index in [9.17, 15) is 14.4 Å². The molecular formula is C17H13Cl3N2O4. The Hall–Kier alpha value is -2.28. The van der Waals surface area contributed by atoms with Crippen LogP contribution in [0.1, 0.15) is 22.0 Å². The standard InChI is InChI=1S/C17H13Cl3N2O4/c1-21-17(25)22-15(23)14(9-5-3-2-4-6-9)26-16(24)12-10(18)7-8-11(19)13(12)20/h2-8,14H,1H3,(H2,21,22,23,25). The summed E-state index contributed by atoms with van der Waals surface area (Å²) in [5, 5.41) is 4.34. The molecule has 0 aliphatic carbocycles. The van der Waals surface area contributed by atoms with Crippen LogP contribution in [0.2, 0.25) is 15.1 Å². The van der Waals surface area contributed by atoms with E-state index in [4.69, 9.17) is 39.5 Å². The van der Waals surface area contributed by atoms with Crippen LogP contribution in [0.4, 0.5) is 4.79 Å². The molecule has 26 heavy (non-hydrogen) atoms. The third kappa shape index (κ3) is 4.66. The lowest BCUT2D eigenvalue weighted by Crippen LogP contribution is -2.41. The molecule has 2 aromatic rings. The maximum absolute atomic E-state index is 12.6. The minimum atomic E-state index is -1.40. The first kappa shape index (κ1) is 20.0. The summed E-state index contributed by atoms with van der Waals surface area (Å²) in [6.45, 7) is 0. The van der Waals surface area contributed by atoms with E-state index in [1.807, 2.05) is 0 Å². The Morgan fingerprint density at radius 2 is 1.58 bits per heavy atom.